The van der Waals surface area contributed by atoms with E-state index in [0.717, 1.165) is 34.6 Å². The van der Waals surface area contributed by atoms with Crippen molar-refractivity contribution in [2.45, 2.75) is 43.2 Å². The number of amides is 3. The first-order valence-electron chi connectivity index (χ1n) is 18.2. The Morgan fingerprint density at radius 3 is 2.14 bits per heavy atom. The van der Waals surface area contributed by atoms with Crippen LogP contribution in [0.4, 0.5) is 0 Å². The summed E-state index contributed by atoms with van der Waals surface area (Å²) in [4.78, 5) is 58.9. The van der Waals surface area contributed by atoms with E-state index >= 15 is 0 Å². The first-order valence-corrected chi connectivity index (χ1v) is 19.7. The third-order valence-electron chi connectivity index (χ3n) is 8.76. The van der Waals surface area contributed by atoms with E-state index in [2.05, 4.69) is 52.4 Å². The van der Waals surface area contributed by atoms with Gasteiger partial charge in [-0.15, -0.1) is 6.58 Å². The van der Waals surface area contributed by atoms with Crippen molar-refractivity contribution in [3.63, 3.8) is 0 Å². The van der Waals surface area contributed by atoms with Crippen LogP contribution in [0, 0.1) is 11.8 Å². The predicted octanol–water partition coefficient (Wildman–Crippen LogP) is 3.79. The average Bonchev–Trinajstić information content (AvgIpc) is 3.95. The van der Waals surface area contributed by atoms with Gasteiger partial charge in [-0.05, 0) is 81.6 Å². The third-order valence-corrected chi connectivity index (χ3v) is 10.1. The Kier molecular flexibility index (Phi) is 20.4. The number of likely N-dealkylation sites (tertiary alicyclic amines) is 1. The number of H-pyrrole nitrogens is 1. The monoisotopic (exact) mass is 802 g/mol. The third kappa shape index (κ3) is 16.4. The van der Waals surface area contributed by atoms with E-state index in [1.807, 2.05) is 36.4 Å². The van der Waals surface area contributed by atoms with Gasteiger partial charge >= 0.3 is 0 Å². The summed E-state index contributed by atoms with van der Waals surface area (Å²) in [5.41, 5.74) is 7.75. The van der Waals surface area contributed by atoms with E-state index in [-0.39, 0.29) is 34.6 Å². The molecule has 14 nitrogen and oxygen atoms in total. The minimum Gasteiger partial charge on any atom is -0.497 e. The number of carbonyl (C=O) groups excluding carboxylic acids is 4. The summed E-state index contributed by atoms with van der Waals surface area (Å²) in [6.07, 6.45) is 7.48. The Morgan fingerprint density at radius 2 is 1.67 bits per heavy atom. The Hall–Kier alpha value is -5.90. The molecule has 0 spiro atoms. The molecule has 1 saturated carbocycles. The first-order chi connectivity index (χ1) is 27.2. The van der Waals surface area contributed by atoms with Gasteiger partial charge in [0.05, 0.1) is 23.6 Å². The predicted molar refractivity (Wildman–Crippen MR) is 224 cm³/mol. The zero-order valence-corrected chi connectivity index (χ0v) is 33.7. The number of ether oxygens (including phenoxy) is 1. The number of sulfonamides is 1. The van der Waals surface area contributed by atoms with Gasteiger partial charge in [0.2, 0.25) is 18.2 Å². The standard InChI is InChI=1S/C16H13NO2.C12H13NO3S.C6H10N2O2.C6H13N.C2H5NO/c1-19-12-7-8-13-15(9-12)17-14(10-16(13)18)11-5-3-2-4-6-11;1-2-9-8-11(9)12(14)13-17(15,16)10-6-4-3-5-7-10;1-2-6(10)8-3-5(7)4-9;1-6-4-3-5-7(6)2;1-3-2-4/h2-10H,1H3,(H,17,18);2-7,9,11H,1,8H2,(H,13,14);2,4-5H,1,3,7H2,(H,8,10);6H,3-5H2,1-2H3;2H,1H3,(H,3,4). The molecule has 1 saturated heterocycles. The van der Waals surface area contributed by atoms with E-state index in [4.69, 9.17) is 15.3 Å². The van der Waals surface area contributed by atoms with Crippen molar-refractivity contribution in [1.82, 2.24) is 25.2 Å². The first kappa shape index (κ1) is 47.3. The quantitative estimate of drug-likeness (QED) is 0.0842. The minimum absolute atomic E-state index is 0.00950. The Bertz CT molecular complexity index is 2070. The second-order valence-corrected chi connectivity index (χ2v) is 14.7. The molecule has 3 amide bonds. The zero-order valence-electron chi connectivity index (χ0n) is 32.9. The molecule has 1 aliphatic heterocycles. The number of methoxy groups -OCH3 is 1. The maximum atomic E-state index is 12.1. The van der Waals surface area contributed by atoms with Gasteiger partial charge in [-0.1, -0.05) is 61.2 Å². The van der Waals surface area contributed by atoms with Crippen molar-refractivity contribution in [3.8, 4) is 17.0 Å². The second kappa shape index (κ2) is 24.6. The van der Waals surface area contributed by atoms with E-state index in [1.54, 1.807) is 56.6 Å². The highest BCUT2D eigenvalue weighted by Gasteiger charge is 2.42. The largest absolute Gasteiger partial charge is 0.497 e. The van der Waals surface area contributed by atoms with E-state index < -0.39 is 22.0 Å². The van der Waals surface area contributed by atoms with Gasteiger partial charge in [0, 0.05) is 48.8 Å². The molecule has 2 fully saturated rings. The summed E-state index contributed by atoms with van der Waals surface area (Å²) in [7, 11) is 1.64. The molecule has 4 aromatic rings. The van der Waals surface area contributed by atoms with Gasteiger partial charge in [0.1, 0.15) is 12.0 Å². The maximum Gasteiger partial charge on any atom is 0.264 e. The van der Waals surface area contributed by atoms with Crippen LogP contribution in [0.3, 0.4) is 0 Å². The fourth-order valence-electron chi connectivity index (χ4n) is 5.19. The van der Waals surface area contributed by atoms with Gasteiger partial charge in [-0.25, -0.2) is 13.1 Å². The molecule has 6 N–H and O–H groups in total. The number of pyridine rings is 1. The van der Waals surface area contributed by atoms with Crippen LogP contribution in [-0.4, -0.2) is 89.2 Å². The van der Waals surface area contributed by atoms with E-state index in [0.29, 0.717) is 24.5 Å². The lowest BCUT2D eigenvalue weighted by Gasteiger charge is -2.12. The van der Waals surface area contributed by atoms with Crippen LogP contribution in [0.25, 0.3) is 22.2 Å². The Balaban J connectivity index is 0.000000269. The highest BCUT2D eigenvalue weighted by molar-refractivity contribution is 7.90. The molecule has 2 heterocycles. The summed E-state index contributed by atoms with van der Waals surface area (Å²) < 4.78 is 30.9. The van der Waals surface area contributed by atoms with Gasteiger partial charge in [-0.3, -0.25) is 19.2 Å². The van der Waals surface area contributed by atoms with Crippen molar-refractivity contribution in [2.75, 3.05) is 34.3 Å². The molecule has 0 bridgehead atoms. The molecular weight excluding hydrogens is 749 g/mol. The lowest BCUT2D eigenvalue weighted by Crippen LogP contribution is -2.37. The van der Waals surface area contributed by atoms with E-state index in [9.17, 15) is 27.6 Å². The highest BCUT2D eigenvalue weighted by atomic mass is 32.2. The van der Waals surface area contributed by atoms with Gasteiger partial charge < -0.3 is 35.8 Å². The number of hydrogen-bond acceptors (Lipinski definition) is 10. The van der Waals surface area contributed by atoms with Gasteiger partial charge in [0.25, 0.3) is 10.0 Å². The summed E-state index contributed by atoms with van der Waals surface area (Å²) >= 11 is 0. The van der Waals surface area contributed by atoms with Crippen molar-refractivity contribution in [2.24, 2.45) is 17.6 Å². The van der Waals surface area contributed by atoms with Crippen molar-refractivity contribution < 1.29 is 32.3 Å². The summed E-state index contributed by atoms with van der Waals surface area (Å²) in [5.74, 6) is -0.170. The number of allylic oxidation sites excluding steroid dienone is 1. The minimum atomic E-state index is -3.73. The van der Waals surface area contributed by atoms with Crippen molar-refractivity contribution in [3.05, 3.63) is 120 Å². The molecule has 3 aromatic carbocycles. The molecular formula is C42H54N6O8S. The highest BCUT2D eigenvalue weighted by Crippen LogP contribution is 2.39. The molecule has 4 unspecified atom stereocenters. The number of benzene rings is 3. The molecule has 0 radical (unpaired) electrons. The number of nitrogens with two attached hydrogens (primary N) is 1. The number of carbonyl (C=O) groups is 4. The molecule has 4 atom stereocenters. The van der Waals surface area contributed by atoms with Crippen LogP contribution >= 0.6 is 0 Å². The molecule has 1 aliphatic carbocycles. The van der Waals surface area contributed by atoms with E-state index in [1.165, 1.54) is 31.5 Å². The lowest BCUT2D eigenvalue weighted by molar-refractivity contribution is -0.121. The van der Waals surface area contributed by atoms with Crippen LogP contribution in [0.15, 0.2) is 120 Å². The van der Waals surface area contributed by atoms with Crippen LogP contribution in [0.5, 0.6) is 5.75 Å². The van der Waals surface area contributed by atoms with Crippen molar-refractivity contribution in [1.29, 1.82) is 0 Å². The molecule has 1 aromatic heterocycles. The maximum absolute atomic E-state index is 12.1. The number of aromatic amines is 1. The van der Waals surface area contributed by atoms with Gasteiger partial charge in [-0.2, -0.15) is 0 Å². The SMILES string of the molecule is C=CC(=O)NCC(N)C=O.C=CC1CC1C(=O)NS(=O)(=O)c1ccccc1.CC1CCCN1C.CNC=O.COc1ccc2c(=O)cc(-c3ccccc3)[nH]c2c1. The molecule has 15 heteroatoms. The normalized spacial score (nSPS) is 17.0. The summed E-state index contributed by atoms with van der Waals surface area (Å²) in [6, 6.07) is 24.9. The number of aromatic nitrogens is 1. The second-order valence-electron chi connectivity index (χ2n) is 13.0. The number of fused-ring (bicyclic) bond motifs is 1. The van der Waals surface area contributed by atoms with Crippen LogP contribution < -0.4 is 31.3 Å². The van der Waals surface area contributed by atoms with Gasteiger partial charge in [0.15, 0.2) is 5.43 Å². The lowest BCUT2D eigenvalue weighted by atomic mass is 10.1. The number of rotatable bonds is 11. The molecule has 57 heavy (non-hydrogen) atoms. The number of aldehydes is 1. The number of nitrogens with zero attached hydrogens (tertiary/aromatic N) is 1. The van der Waals surface area contributed by atoms with Crippen LogP contribution in [0.2, 0.25) is 0 Å². The fraction of sp³-hybridized carbons (Fsp3) is 0.310. The molecule has 306 valence electrons. The Labute approximate surface area is 334 Å². The van der Waals surface area contributed by atoms with Crippen LogP contribution in [0.1, 0.15) is 26.2 Å². The van der Waals surface area contributed by atoms with Crippen molar-refractivity contribution >= 4 is 45.4 Å². The topological polar surface area (TPSA) is 210 Å². The number of hydrogen-bond donors (Lipinski definition) is 5. The molecule has 2 aliphatic rings. The summed E-state index contributed by atoms with van der Waals surface area (Å²) in [6.45, 7) is 10.6. The smallest absolute Gasteiger partial charge is 0.264 e. The number of nitrogens with one attached hydrogen (secondary N) is 4. The summed E-state index contributed by atoms with van der Waals surface area (Å²) in [5, 5.41) is 5.29. The fourth-order valence-corrected chi connectivity index (χ4v) is 6.24. The average molecular weight is 803 g/mol. The molecule has 6 rings (SSSR count). The zero-order chi connectivity index (χ0) is 42.4. The Morgan fingerprint density at radius 1 is 1.04 bits per heavy atom. The van der Waals surface area contributed by atoms with Crippen LogP contribution in [-0.2, 0) is 29.2 Å².